The van der Waals surface area contributed by atoms with Gasteiger partial charge in [-0.25, -0.2) is 8.87 Å². The second-order valence-corrected chi connectivity index (χ2v) is 11.0. The molecule has 27 heavy (non-hydrogen) atoms. The van der Waals surface area contributed by atoms with E-state index in [2.05, 4.69) is 4.98 Å². The Kier molecular flexibility index (Phi) is 6.02. The normalized spacial score (nSPS) is 18.3. The monoisotopic (exact) mass is 398 g/mol. The van der Waals surface area contributed by atoms with E-state index in [1.165, 1.54) is 6.20 Å². The number of aromatic nitrogens is 1. The van der Waals surface area contributed by atoms with Gasteiger partial charge in [0.2, 0.25) is 0 Å². The van der Waals surface area contributed by atoms with Gasteiger partial charge in [-0.3, -0.25) is 0 Å². The lowest BCUT2D eigenvalue weighted by molar-refractivity contribution is -0.790. The molecule has 0 aromatic carbocycles. The first-order valence-electron chi connectivity index (χ1n) is 9.47. The van der Waals surface area contributed by atoms with Crippen LogP contribution in [-0.4, -0.2) is 60.7 Å². The Morgan fingerprint density at radius 1 is 1.22 bits per heavy atom. The maximum atomic E-state index is 13.3. The Morgan fingerprint density at radius 2 is 1.78 bits per heavy atom. The zero-order valence-corrected chi connectivity index (χ0v) is 18.1. The summed E-state index contributed by atoms with van der Waals surface area (Å²) in [5.41, 5.74) is 4.67. The van der Waals surface area contributed by atoms with E-state index in [9.17, 15) is 13.5 Å². The predicted molar refractivity (Wildman–Crippen MR) is 108 cm³/mol. The van der Waals surface area contributed by atoms with Gasteiger partial charge in [0.25, 0.3) is 0 Å². The van der Waals surface area contributed by atoms with Gasteiger partial charge in [0.05, 0.1) is 31.3 Å². The summed E-state index contributed by atoms with van der Waals surface area (Å²) in [7, 11) is -1.93. The molecule has 1 fully saturated rings. The fourth-order valence-corrected chi connectivity index (χ4v) is 5.03. The lowest BCUT2D eigenvalue weighted by Crippen LogP contribution is -2.53. The van der Waals surface area contributed by atoms with Crippen molar-refractivity contribution in [3.63, 3.8) is 0 Å². The number of likely N-dealkylation sites (tertiary alicyclic amines) is 1. The number of quaternary nitrogens is 1. The van der Waals surface area contributed by atoms with Crippen molar-refractivity contribution >= 4 is 28.2 Å². The number of hydrogen-bond donors (Lipinski definition) is 2. The van der Waals surface area contributed by atoms with Gasteiger partial charge in [0.1, 0.15) is 5.82 Å². The Labute approximate surface area is 163 Å². The molecule has 0 spiro atoms. The van der Waals surface area contributed by atoms with Gasteiger partial charge in [-0.05, 0) is 58.5 Å². The van der Waals surface area contributed by atoms with Crippen molar-refractivity contribution in [2.75, 3.05) is 25.9 Å². The smallest absolute Gasteiger partial charge is 0.330 e. The minimum absolute atomic E-state index is 0.0117. The number of nitrogens with two attached hydrogens (primary N) is 1. The second-order valence-electron chi connectivity index (χ2n) is 8.76. The summed E-state index contributed by atoms with van der Waals surface area (Å²) in [6.07, 6.45) is 4.34. The van der Waals surface area contributed by atoms with Crippen molar-refractivity contribution in [3.8, 4) is 0 Å². The molecule has 0 radical (unpaired) electrons. The van der Waals surface area contributed by atoms with Crippen molar-refractivity contribution in [3.05, 3.63) is 12.3 Å². The van der Waals surface area contributed by atoms with Crippen molar-refractivity contribution < 1.29 is 22.1 Å². The fourth-order valence-electron chi connectivity index (χ4n) is 3.21. The minimum Gasteiger partial charge on any atom is -0.423 e. The van der Waals surface area contributed by atoms with E-state index in [1.807, 2.05) is 6.82 Å². The number of aliphatic hydroxyl groups is 1. The van der Waals surface area contributed by atoms with Crippen LogP contribution in [-0.2, 0) is 14.7 Å². The first kappa shape index (κ1) is 22.1. The maximum absolute atomic E-state index is 13.3. The summed E-state index contributed by atoms with van der Waals surface area (Å²) >= 11 is 0. The molecule has 1 aliphatic rings. The molecular formula is C18H33BN3O4S+. The van der Waals surface area contributed by atoms with Crippen LogP contribution in [0.2, 0.25) is 6.82 Å². The Bertz CT molecular complexity index is 784. The van der Waals surface area contributed by atoms with E-state index < -0.39 is 28.1 Å². The molecule has 9 heteroatoms. The molecule has 0 aliphatic carbocycles. The highest BCUT2D eigenvalue weighted by atomic mass is 32.2. The van der Waals surface area contributed by atoms with Crippen LogP contribution in [0.1, 0.15) is 47.0 Å². The third-order valence-corrected chi connectivity index (χ3v) is 8.35. The van der Waals surface area contributed by atoms with Crippen molar-refractivity contribution in [1.29, 1.82) is 0 Å². The third kappa shape index (κ3) is 4.31. The van der Waals surface area contributed by atoms with Crippen LogP contribution < -0.4 is 11.2 Å². The topological polar surface area (TPSA) is 103 Å². The van der Waals surface area contributed by atoms with Gasteiger partial charge < -0.3 is 15.5 Å². The molecule has 0 atom stereocenters. The Morgan fingerprint density at radius 3 is 2.30 bits per heavy atom. The third-order valence-electron chi connectivity index (χ3n) is 5.94. The number of nitrogen functional groups attached to an aromatic ring is 1. The first-order valence-corrected chi connectivity index (χ1v) is 10.9. The molecule has 1 aromatic rings. The summed E-state index contributed by atoms with van der Waals surface area (Å²) in [6, 6.07) is 1.57. The molecule has 0 amide bonds. The summed E-state index contributed by atoms with van der Waals surface area (Å²) in [4.78, 5) is 4.19. The van der Waals surface area contributed by atoms with Crippen LogP contribution in [0.15, 0.2) is 17.2 Å². The molecule has 2 rings (SSSR count). The highest BCUT2D eigenvalue weighted by molar-refractivity contribution is 7.86. The summed E-state index contributed by atoms with van der Waals surface area (Å²) in [5.74, 6) is 0.0117. The molecule has 1 saturated heterocycles. The van der Waals surface area contributed by atoms with Crippen molar-refractivity contribution in [1.82, 2.24) is 4.98 Å². The lowest BCUT2D eigenvalue weighted by atomic mass is 9.63. The molecule has 2 heterocycles. The Balaban J connectivity index is 2.39. The van der Waals surface area contributed by atoms with Crippen LogP contribution in [0, 0.1) is 0 Å². The maximum Gasteiger partial charge on any atom is 0.330 e. The van der Waals surface area contributed by atoms with Gasteiger partial charge in [-0.2, -0.15) is 8.42 Å². The zero-order chi connectivity index (χ0) is 20.7. The van der Waals surface area contributed by atoms with E-state index in [0.717, 1.165) is 19.3 Å². The van der Waals surface area contributed by atoms with Gasteiger partial charge in [-0.1, -0.05) is 6.82 Å². The molecule has 0 unspecified atom stereocenters. The van der Waals surface area contributed by atoms with E-state index in [0.29, 0.717) is 18.6 Å². The second kappa shape index (κ2) is 7.35. The minimum atomic E-state index is -3.68. The van der Waals surface area contributed by atoms with Gasteiger partial charge >= 0.3 is 16.9 Å². The Hall–Kier alpha value is -1.16. The standard InChI is InChI=1S/C18H33BN3O4S/c1-17(2,23)18(3,4)26-19(5)14-12-15(16(20)21-13-14)27(24,25)22(6)10-8-7-9-11-22/h12-13,23H,7-11H2,1-6H3,(H2,20,21)/q+1. The molecule has 3 N–H and O–H groups in total. The van der Waals surface area contributed by atoms with E-state index in [4.69, 9.17) is 10.4 Å². The molecule has 152 valence electrons. The van der Waals surface area contributed by atoms with Crippen LogP contribution in [0.4, 0.5) is 5.82 Å². The van der Waals surface area contributed by atoms with Gasteiger partial charge in [-0.15, -0.1) is 0 Å². The molecule has 1 aliphatic heterocycles. The van der Waals surface area contributed by atoms with Crippen LogP contribution in [0.5, 0.6) is 0 Å². The van der Waals surface area contributed by atoms with Gasteiger partial charge in [0, 0.05) is 6.20 Å². The predicted octanol–water partition coefficient (Wildman–Crippen LogP) is 1.38. The lowest BCUT2D eigenvalue weighted by Gasteiger charge is -2.39. The number of hydrogen-bond acceptors (Lipinski definition) is 6. The number of piperidine rings is 1. The number of anilines is 1. The van der Waals surface area contributed by atoms with Crippen molar-refractivity contribution in [2.45, 2.75) is 69.9 Å². The molecule has 0 saturated carbocycles. The van der Waals surface area contributed by atoms with E-state index in [1.54, 1.807) is 40.8 Å². The number of rotatable bonds is 6. The summed E-state index contributed by atoms with van der Waals surface area (Å²) in [5, 5.41) is 10.3. The van der Waals surface area contributed by atoms with E-state index >= 15 is 0 Å². The molecule has 0 bridgehead atoms. The number of nitrogens with zero attached hydrogens (tertiary/aromatic N) is 2. The largest absolute Gasteiger partial charge is 0.423 e. The molecule has 1 aromatic heterocycles. The average molecular weight is 398 g/mol. The first-order chi connectivity index (χ1) is 12.2. The molecular weight excluding hydrogens is 365 g/mol. The summed E-state index contributed by atoms with van der Waals surface area (Å²) in [6.45, 7) is 9.45. The number of sulfonamides is 1. The average Bonchev–Trinajstić information content (AvgIpc) is 2.54. The van der Waals surface area contributed by atoms with Crippen LogP contribution in [0.3, 0.4) is 0 Å². The fraction of sp³-hybridized carbons (Fsp3) is 0.722. The molecule has 7 nitrogen and oxygen atoms in total. The van der Waals surface area contributed by atoms with E-state index in [-0.39, 0.29) is 14.6 Å². The zero-order valence-electron chi connectivity index (χ0n) is 17.3. The quantitative estimate of drug-likeness (QED) is 0.554. The SMILES string of the molecule is CB(OC(C)(C)C(C)(C)O)c1cnc(N)c(S(=O)(=O)[N+]2(C)CCCCC2)c1. The highest BCUT2D eigenvalue weighted by Gasteiger charge is 2.43. The highest BCUT2D eigenvalue weighted by Crippen LogP contribution is 2.30. The van der Waals surface area contributed by atoms with Crippen LogP contribution in [0.25, 0.3) is 0 Å². The van der Waals surface area contributed by atoms with Crippen molar-refractivity contribution in [2.24, 2.45) is 0 Å². The van der Waals surface area contributed by atoms with Crippen LogP contribution >= 0.6 is 0 Å². The summed E-state index contributed by atoms with van der Waals surface area (Å²) < 4.78 is 32.6. The van der Waals surface area contributed by atoms with Gasteiger partial charge in [0.15, 0.2) is 4.90 Å². The number of pyridine rings is 1.